The normalized spacial score (nSPS) is 13.1. The van der Waals surface area contributed by atoms with Crippen LogP contribution in [-0.4, -0.2) is 8.42 Å². The lowest BCUT2D eigenvalue weighted by Crippen LogP contribution is -2.27. The minimum atomic E-state index is -3.73. The molecule has 0 amide bonds. The second kappa shape index (κ2) is 6.23. The number of hydrogen-bond donors (Lipinski definition) is 2. The number of sulfonamides is 1. The van der Waals surface area contributed by atoms with Gasteiger partial charge in [-0.05, 0) is 42.8 Å². The van der Waals surface area contributed by atoms with E-state index in [0.717, 1.165) is 5.56 Å². The second-order valence-electron chi connectivity index (χ2n) is 4.62. The van der Waals surface area contributed by atoms with Gasteiger partial charge in [0.1, 0.15) is 0 Å². The van der Waals surface area contributed by atoms with Crippen LogP contribution in [0.3, 0.4) is 0 Å². The maximum Gasteiger partial charge on any atom is 0.241 e. The lowest BCUT2D eigenvalue weighted by Gasteiger charge is -2.15. The van der Waals surface area contributed by atoms with Gasteiger partial charge in [-0.2, -0.15) is 0 Å². The second-order valence-corrected chi connectivity index (χ2v) is 7.21. The van der Waals surface area contributed by atoms with Gasteiger partial charge >= 0.3 is 0 Å². The molecule has 0 aliphatic carbocycles. The summed E-state index contributed by atoms with van der Waals surface area (Å²) in [5.41, 5.74) is 7.04. The Bertz CT molecular complexity index is 743. The van der Waals surface area contributed by atoms with Gasteiger partial charge in [0.15, 0.2) is 0 Å². The summed E-state index contributed by atoms with van der Waals surface area (Å²) >= 11 is 11.7. The molecule has 21 heavy (non-hydrogen) atoms. The van der Waals surface area contributed by atoms with Gasteiger partial charge in [0.25, 0.3) is 0 Å². The highest BCUT2D eigenvalue weighted by atomic mass is 35.5. The molecule has 2 aromatic rings. The van der Waals surface area contributed by atoms with E-state index in [1.807, 2.05) is 0 Å². The van der Waals surface area contributed by atoms with Gasteiger partial charge in [-0.15, -0.1) is 0 Å². The molecule has 0 aliphatic heterocycles. The first-order chi connectivity index (χ1) is 9.78. The number of nitrogen functional groups attached to an aromatic ring is 1. The Morgan fingerprint density at radius 1 is 1.10 bits per heavy atom. The van der Waals surface area contributed by atoms with E-state index in [2.05, 4.69) is 4.72 Å². The molecule has 4 nitrogen and oxygen atoms in total. The Kier molecular flexibility index (Phi) is 4.78. The molecule has 0 saturated heterocycles. The van der Waals surface area contributed by atoms with E-state index >= 15 is 0 Å². The van der Waals surface area contributed by atoms with Gasteiger partial charge < -0.3 is 5.73 Å². The quantitative estimate of drug-likeness (QED) is 0.832. The molecular weight excluding hydrogens is 331 g/mol. The smallest absolute Gasteiger partial charge is 0.241 e. The lowest BCUT2D eigenvalue weighted by atomic mass is 10.1. The Balaban J connectivity index is 2.28. The van der Waals surface area contributed by atoms with Crippen LogP contribution in [0.2, 0.25) is 10.0 Å². The van der Waals surface area contributed by atoms with E-state index in [-0.39, 0.29) is 14.9 Å². The largest absolute Gasteiger partial charge is 0.399 e. The lowest BCUT2D eigenvalue weighted by molar-refractivity contribution is 0.567. The van der Waals surface area contributed by atoms with Gasteiger partial charge in [-0.25, -0.2) is 13.1 Å². The molecular formula is C14H14Cl2N2O2S. The number of nitrogens with two attached hydrogens (primary N) is 1. The molecule has 2 rings (SSSR count). The van der Waals surface area contributed by atoms with Crippen LogP contribution in [0.4, 0.5) is 5.69 Å². The van der Waals surface area contributed by atoms with Crippen molar-refractivity contribution in [2.45, 2.75) is 17.9 Å². The summed E-state index contributed by atoms with van der Waals surface area (Å²) in [6.07, 6.45) is 0. The number of anilines is 1. The summed E-state index contributed by atoms with van der Waals surface area (Å²) in [5.74, 6) is 0. The van der Waals surface area contributed by atoms with Crippen LogP contribution in [0.5, 0.6) is 0 Å². The third-order valence-electron chi connectivity index (χ3n) is 2.89. The van der Waals surface area contributed by atoms with Crippen molar-refractivity contribution in [2.75, 3.05) is 5.73 Å². The van der Waals surface area contributed by atoms with Crippen LogP contribution in [0, 0.1) is 0 Å². The van der Waals surface area contributed by atoms with Gasteiger partial charge in [0.2, 0.25) is 10.0 Å². The van der Waals surface area contributed by atoms with Crippen LogP contribution in [-0.2, 0) is 10.0 Å². The van der Waals surface area contributed by atoms with Gasteiger partial charge in [0, 0.05) is 21.8 Å². The van der Waals surface area contributed by atoms with Crippen molar-refractivity contribution in [1.82, 2.24) is 4.72 Å². The summed E-state index contributed by atoms with van der Waals surface area (Å²) in [6, 6.07) is 10.8. The van der Waals surface area contributed by atoms with Crippen LogP contribution in [0.25, 0.3) is 0 Å². The molecule has 2 aromatic carbocycles. The van der Waals surface area contributed by atoms with Crippen LogP contribution < -0.4 is 10.5 Å². The summed E-state index contributed by atoms with van der Waals surface area (Å²) < 4.78 is 27.3. The number of nitrogens with one attached hydrogen (secondary N) is 1. The fraction of sp³-hybridized carbons (Fsp3) is 0.143. The summed E-state index contributed by atoms with van der Waals surface area (Å²) in [6.45, 7) is 1.73. The SMILES string of the molecule is CC(NS(=O)(=O)c1cc(Cl)cc(Cl)c1)c1cccc(N)c1. The van der Waals surface area contributed by atoms with E-state index in [1.165, 1.54) is 18.2 Å². The molecule has 7 heteroatoms. The minimum Gasteiger partial charge on any atom is -0.399 e. The zero-order chi connectivity index (χ0) is 15.6. The van der Waals surface area contributed by atoms with Crippen LogP contribution in [0.1, 0.15) is 18.5 Å². The van der Waals surface area contributed by atoms with E-state index in [1.54, 1.807) is 31.2 Å². The highest BCUT2D eigenvalue weighted by Gasteiger charge is 2.19. The van der Waals surface area contributed by atoms with Crippen molar-refractivity contribution in [2.24, 2.45) is 0 Å². The van der Waals surface area contributed by atoms with Crippen molar-refractivity contribution in [3.05, 3.63) is 58.1 Å². The van der Waals surface area contributed by atoms with E-state index in [9.17, 15) is 8.42 Å². The average molecular weight is 345 g/mol. The Hall–Kier alpha value is -1.27. The molecule has 0 radical (unpaired) electrons. The van der Waals surface area contributed by atoms with Gasteiger partial charge in [-0.3, -0.25) is 0 Å². The molecule has 0 spiro atoms. The summed E-state index contributed by atoms with van der Waals surface area (Å²) in [4.78, 5) is 0.0238. The van der Waals surface area contributed by atoms with Crippen molar-refractivity contribution in [3.63, 3.8) is 0 Å². The molecule has 0 heterocycles. The minimum absolute atomic E-state index is 0.0238. The number of hydrogen-bond acceptors (Lipinski definition) is 3. The number of benzene rings is 2. The maximum atomic E-state index is 12.3. The predicted octanol–water partition coefficient (Wildman–Crippen LogP) is 3.62. The predicted molar refractivity (Wildman–Crippen MR) is 86.1 cm³/mol. The maximum absolute atomic E-state index is 12.3. The topological polar surface area (TPSA) is 72.2 Å². The van der Waals surface area contributed by atoms with Crippen molar-refractivity contribution in [3.8, 4) is 0 Å². The van der Waals surface area contributed by atoms with Crippen LogP contribution in [0.15, 0.2) is 47.4 Å². The first-order valence-corrected chi connectivity index (χ1v) is 8.36. The Morgan fingerprint density at radius 3 is 2.29 bits per heavy atom. The zero-order valence-electron chi connectivity index (χ0n) is 11.2. The monoisotopic (exact) mass is 344 g/mol. The van der Waals surface area contributed by atoms with Gasteiger partial charge in [0.05, 0.1) is 4.90 Å². The van der Waals surface area contributed by atoms with Crippen molar-refractivity contribution >= 4 is 38.9 Å². The Labute approximate surface area is 133 Å². The van der Waals surface area contributed by atoms with Crippen molar-refractivity contribution in [1.29, 1.82) is 0 Å². The highest BCUT2D eigenvalue weighted by Crippen LogP contribution is 2.24. The highest BCUT2D eigenvalue weighted by molar-refractivity contribution is 7.89. The number of rotatable bonds is 4. The molecule has 0 aliphatic rings. The molecule has 3 N–H and O–H groups in total. The molecule has 1 atom stereocenters. The summed E-state index contributed by atoms with van der Waals surface area (Å²) in [5, 5.41) is 0.527. The third kappa shape index (κ3) is 4.11. The number of halogens is 2. The molecule has 0 bridgehead atoms. The molecule has 0 saturated carbocycles. The van der Waals surface area contributed by atoms with Crippen molar-refractivity contribution < 1.29 is 8.42 Å². The molecule has 0 fully saturated rings. The third-order valence-corrected chi connectivity index (χ3v) is 4.85. The molecule has 1 unspecified atom stereocenters. The van der Waals surface area contributed by atoms with E-state index < -0.39 is 16.1 Å². The first-order valence-electron chi connectivity index (χ1n) is 6.12. The average Bonchev–Trinajstić information content (AvgIpc) is 2.37. The first kappa shape index (κ1) is 16.1. The van der Waals surface area contributed by atoms with Crippen LogP contribution >= 0.6 is 23.2 Å². The fourth-order valence-corrected chi connectivity index (χ4v) is 3.84. The fourth-order valence-electron chi connectivity index (χ4n) is 1.88. The zero-order valence-corrected chi connectivity index (χ0v) is 13.5. The standard InChI is InChI=1S/C14H14Cl2N2O2S/c1-9(10-3-2-4-13(17)5-10)18-21(19,20)14-7-11(15)6-12(16)8-14/h2-9,18H,17H2,1H3. The summed E-state index contributed by atoms with van der Waals surface area (Å²) in [7, 11) is -3.73. The van der Waals surface area contributed by atoms with E-state index in [4.69, 9.17) is 28.9 Å². The molecule has 0 aromatic heterocycles. The van der Waals surface area contributed by atoms with E-state index in [0.29, 0.717) is 5.69 Å². The molecule has 112 valence electrons. The Morgan fingerprint density at radius 2 is 1.71 bits per heavy atom. The van der Waals surface area contributed by atoms with Gasteiger partial charge in [-0.1, -0.05) is 35.3 Å².